The Labute approximate surface area is 169 Å². The number of sulfonamides is 1. The summed E-state index contributed by atoms with van der Waals surface area (Å²) in [5.41, 5.74) is 1.45. The zero-order chi connectivity index (χ0) is 20.9. The van der Waals surface area contributed by atoms with Crippen LogP contribution in [0.25, 0.3) is 0 Å². The average Bonchev–Trinajstić information content (AvgIpc) is 3.22. The summed E-state index contributed by atoms with van der Waals surface area (Å²) in [6.45, 7) is 3.62. The molecule has 0 aliphatic rings. The van der Waals surface area contributed by atoms with Crippen molar-refractivity contribution in [2.45, 2.75) is 31.4 Å². The van der Waals surface area contributed by atoms with Crippen molar-refractivity contribution in [1.82, 2.24) is 4.72 Å². The Balaban J connectivity index is 1.63. The molecule has 1 atom stereocenters. The third-order valence-corrected chi connectivity index (χ3v) is 5.53. The van der Waals surface area contributed by atoms with Crippen molar-refractivity contribution in [2.75, 3.05) is 5.32 Å². The summed E-state index contributed by atoms with van der Waals surface area (Å²) < 4.78 is 38.2. The van der Waals surface area contributed by atoms with E-state index in [-0.39, 0.29) is 17.3 Å². The number of anilines is 1. The lowest BCUT2D eigenvalue weighted by molar-refractivity contribution is -0.122. The van der Waals surface area contributed by atoms with Gasteiger partial charge in [-0.05, 0) is 56.3 Å². The van der Waals surface area contributed by atoms with Crippen molar-refractivity contribution >= 4 is 21.6 Å². The lowest BCUT2D eigenvalue weighted by Gasteiger charge is -2.15. The van der Waals surface area contributed by atoms with E-state index in [1.165, 1.54) is 18.4 Å². The van der Waals surface area contributed by atoms with Crippen molar-refractivity contribution in [2.24, 2.45) is 0 Å². The summed E-state index contributed by atoms with van der Waals surface area (Å²) in [6, 6.07) is 16.7. The monoisotopic (exact) mass is 414 g/mol. The summed E-state index contributed by atoms with van der Waals surface area (Å²) in [6.07, 6.45) is 0.717. The Hall–Kier alpha value is -3.10. The quantitative estimate of drug-likeness (QED) is 0.588. The van der Waals surface area contributed by atoms with Crippen LogP contribution in [-0.2, 0) is 21.4 Å². The minimum atomic E-state index is -3.76. The molecule has 0 aliphatic carbocycles. The van der Waals surface area contributed by atoms with Crippen LogP contribution in [0.3, 0.4) is 0 Å². The highest BCUT2D eigenvalue weighted by Gasteiger charge is 2.18. The Bertz CT molecular complexity index is 1060. The number of hydrogen-bond donors (Lipinski definition) is 2. The predicted molar refractivity (Wildman–Crippen MR) is 109 cm³/mol. The first-order valence-corrected chi connectivity index (χ1v) is 10.5. The Morgan fingerprint density at radius 1 is 1.10 bits per heavy atom. The van der Waals surface area contributed by atoms with Gasteiger partial charge in [-0.3, -0.25) is 4.79 Å². The molecule has 0 fully saturated rings. The summed E-state index contributed by atoms with van der Waals surface area (Å²) in [5.74, 6) is 0.695. The number of hydrogen-bond acceptors (Lipinski definition) is 5. The van der Waals surface area contributed by atoms with Gasteiger partial charge < -0.3 is 14.5 Å². The Morgan fingerprint density at radius 3 is 2.55 bits per heavy atom. The molecule has 0 bridgehead atoms. The van der Waals surface area contributed by atoms with Crippen LogP contribution in [0.1, 0.15) is 18.2 Å². The highest BCUT2D eigenvalue weighted by Crippen LogP contribution is 2.18. The second-order valence-corrected chi connectivity index (χ2v) is 8.26. The molecule has 152 valence electrons. The number of carbonyl (C=O) groups is 1. The number of nitrogens with one attached hydrogen (secondary N) is 2. The molecular formula is C21H22N2O5S. The van der Waals surface area contributed by atoms with E-state index >= 15 is 0 Å². The second-order valence-electron chi connectivity index (χ2n) is 6.49. The molecule has 1 unspecified atom stereocenters. The lowest BCUT2D eigenvalue weighted by atomic mass is 10.2. The van der Waals surface area contributed by atoms with E-state index in [9.17, 15) is 13.2 Å². The zero-order valence-electron chi connectivity index (χ0n) is 16.1. The average molecular weight is 414 g/mol. The summed E-state index contributed by atoms with van der Waals surface area (Å²) in [5, 5.41) is 2.68. The molecule has 29 heavy (non-hydrogen) atoms. The van der Waals surface area contributed by atoms with E-state index in [1.54, 1.807) is 43.3 Å². The van der Waals surface area contributed by atoms with Crippen LogP contribution < -0.4 is 14.8 Å². The van der Waals surface area contributed by atoms with Gasteiger partial charge in [-0.2, -0.15) is 0 Å². The van der Waals surface area contributed by atoms with Crippen LogP contribution in [0.5, 0.6) is 5.75 Å². The molecule has 0 aliphatic heterocycles. The first-order chi connectivity index (χ1) is 13.8. The minimum absolute atomic E-state index is 0.0351. The number of benzene rings is 2. The molecule has 1 amide bonds. The van der Waals surface area contributed by atoms with Gasteiger partial charge in [0, 0.05) is 5.69 Å². The SMILES string of the molecule is Cc1ccc(OC(C)C(=O)Nc2cccc(S(=O)(=O)NCc3ccco3)c2)cc1. The van der Waals surface area contributed by atoms with Crippen LogP contribution in [0.4, 0.5) is 5.69 Å². The van der Waals surface area contributed by atoms with Gasteiger partial charge in [-0.25, -0.2) is 13.1 Å². The van der Waals surface area contributed by atoms with Crippen LogP contribution in [0.15, 0.2) is 76.2 Å². The van der Waals surface area contributed by atoms with Crippen LogP contribution in [-0.4, -0.2) is 20.4 Å². The Morgan fingerprint density at radius 2 is 1.86 bits per heavy atom. The molecule has 0 radical (unpaired) electrons. The van der Waals surface area contributed by atoms with Crippen molar-refractivity contribution in [1.29, 1.82) is 0 Å². The van der Waals surface area contributed by atoms with E-state index in [4.69, 9.17) is 9.15 Å². The molecule has 1 aromatic heterocycles. The molecule has 2 aromatic carbocycles. The van der Waals surface area contributed by atoms with Gasteiger partial charge >= 0.3 is 0 Å². The van der Waals surface area contributed by atoms with Crippen LogP contribution in [0, 0.1) is 6.92 Å². The number of aryl methyl sites for hydroxylation is 1. The zero-order valence-corrected chi connectivity index (χ0v) is 16.9. The topological polar surface area (TPSA) is 97.6 Å². The molecule has 0 saturated heterocycles. The molecule has 2 N–H and O–H groups in total. The first-order valence-electron chi connectivity index (χ1n) is 9.00. The third kappa shape index (κ3) is 5.69. The molecule has 0 spiro atoms. The number of amides is 1. The standard InChI is InChI=1S/C21H22N2O5S/c1-15-8-10-18(11-9-15)28-16(2)21(24)23-17-5-3-7-20(13-17)29(25,26)22-14-19-6-4-12-27-19/h3-13,16,22H,14H2,1-2H3,(H,23,24). The van der Waals surface area contributed by atoms with Gasteiger partial charge in [-0.15, -0.1) is 0 Å². The van der Waals surface area contributed by atoms with Gasteiger partial charge in [0.1, 0.15) is 11.5 Å². The lowest BCUT2D eigenvalue weighted by Crippen LogP contribution is -2.30. The highest BCUT2D eigenvalue weighted by atomic mass is 32.2. The van der Waals surface area contributed by atoms with Crippen molar-refractivity contribution in [3.63, 3.8) is 0 Å². The van der Waals surface area contributed by atoms with Crippen LogP contribution in [0.2, 0.25) is 0 Å². The fraction of sp³-hybridized carbons (Fsp3) is 0.190. The second kappa shape index (κ2) is 8.93. The van der Waals surface area contributed by atoms with E-state index < -0.39 is 16.1 Å². The number of ether oxygens (including phenoxy) is 1. The molecule has 0 saturated carbocycles. The third-order valence-electron chi connectivity index (χ3n) is 4.13. The maximum atomic E-state index is 12.5. The smallest absolute Gasteiger partial charge is 0.265 e. The molecule has 3 rings (SSSR count). The molecular weight excluding hydrogens is 392 g/mol. The summed E-state index contributed by atoms with van der Waals surface area (Å²) >= 11 is 0. The van der Waals surface area contributed by atoms with E-state index in [0.717, 1.165) is 5.56 Å². The maximum absolute atomic E-state index is 12.5. The summed E-state index contributed by atoms with van der Waals surface area (Å²) in [4.78, 5) is 12.4. The number of rotatable bonds is 8. The fourth-order valence-electron chi connectivity index (χ4n) is 2.52. The van der Waals surface area contributed by atoms with E-state index in [1.807, 2.05) is 19.1 Å². The van der Waals surface area contributed by atoms with Crippen LogP contribution >= 0.6 is 0 Å². The number of carbonyl (C=O) groups excluding carboxylic acids is 1. The predicted octanol–water partition coefficient (Wildman–Crippen LogP) is 3.47. The van der Waals surface area contributed by atoms with Gasteiger partial charge in [0.15, 0.2) is 6.10 Å². The van der Waals surface area contributed by atoms with E-state index in [0.29, 0.717) is 17.2 Å². The number of furan rings is 1. The molecule has 8 heteroatoms. The molecule has 1 heterocycles. The molecule has 7 nitrogen and oxygen atoms in total. The minimum Gasteiger partial charge on any atom is -0.481 e. The van der Waals surface area contributed by atoms with Crippen molar-refractivity contribution < 1.29 is 22.4 Å². The fourth-order valence-corrected chi connectivity index (χ4v) is 3.56. The van der Waals surface area contributed by atoms with Gasteiger partial charge in [0.2, 0.25) is 10.0 Å². The largest absolute Gasteiger partial charge is 0.481 e. The van der Waals surface area contributed by atoms with Gasteiger partial charge in [0.05, 0.1) is 17.7 Å². The van der Waals surface area contributed by atoms with Gasteiger partial charge in [0.25, 0.3) is 5.91 Å². The first kappa shape index (κ1) is 20.6. The van der Waals surface area contributed by atoms with Gasteiger partial charge in [-0.1, -0.05) is 23.8 Å². The van der Waals surface area contributed by atoms with Crippen molar-refractivity contribution in [3.8, 4) is 5.75 Å². The van der Waals surface area contributed by atoms with E-state index in [2.05, 4.69) is 10.0 Å². The molecule has 3 aromatic rings. The normalized spacial score (nSPS) is 12.3. The van der Waals surface area contributed by atoms with Crippen molar-refractivity contribution in [3.05, 3.63) is 78.3 Å². The Kier molecular flexibility index (Phi) is 6.36. The summed E-state index contributed by atoms with van der Waals surface area (Å²) in [7, 11) is -3.76. The maximum Gasteiger partial charge on any atom is 0.265 e. The highest BCUT2D eigenvalue weighted by molar-refractivity contribution is 7.89.